The van der Waals surface area contributed by atoms with Crippen LogP contribution >= 0.6 is 30.4 Å². The SMILES string of the molecule is COc1c(I)n([C@H]2C[C@H](O)[C@@H](COP(=O)(O)O)O2)c(=O)[nH]c1=O. The van der Waals surface area contributed by atoms with Gasteiger partial charge in [0.15, 0.2) is 0 Å². The van der Waals surface area contributed by atoms with Gasteiger partial charge in [-0.25, -0.2) is 9.36 Å². The molecule has 0 bridgehead atoms. The number of hydrogen-bond donors (Lipinski definition) is 4. The highest BCUT2D eigenvalue weighted by molar-refractivity contribution is 14.1. The predicted molar refractivity (Wildman–Crippen MR) is 83.1 cm³/mol. The third kappa shape index (κ3) is 4.21. The Labute approximate surface area is 142 Å². The molecule has 13 heteroatoms. The molecule has 0 unspecified atom stereocenters. The maximum Gasteiger partial charge on any atom is 0.469 e. The van der Waals surface area contributed by atoms with Crippen molar-refractivity contribution in [1.82, 2.24) is 9.55 Å². The number of ether oxygens (including phenoxy) is 2. The minimum Gasteiger partial charge on any atom is -0.489 e. The first-order valence-electron chi connectivity index (χ1n) is 6.26. The van der Waals surface area contributed by atoms with Crippen LogP contribution < -0.4 is 16.0 Å². The Balaban J connectivity index is 2.26. The first kappa shape index (κ1) is 18.6. The number of halogens is 1. The zero-order chi connectivity index (χ0) is 17.4. The molecule has 0 spiro atoms. The fourth-order valence-corrected chi connectivity index (χ4v) is 3.47. The molecule has 1 aliphatic rings. The molecule has 4 N–H and O–H groups in total. The van der Waals surface area contributed by atoms with Crippen molar-refractivity contribution >= 4 is 30.4 Å². The third-order valence-corrected chi connectivity index (χ3v) is 4.64. The summed E-state index contributed by atoms with van der Waals surface area (Å²) in [5.41, 5.74) is -1.45. The Hall–Kier alpha value is -0.760. The monoisotopic (exact) mass is 464 g/mol. The average Bonchev–Trinajstić information content (AvgIpc) is 2.76. The number of H-pyrrole nitrogens is 1. The van der Waals surface area contributed by atoms with Gasteiger partial charge < -0.3 is 24.4 Å². The summed E-state index contributed by atoms with van der Waals surface area (Å²) in [4.78, 5) is 43.0. The van der Waals surface area contributed by atoms with Gasteiger partial charge in [-0.15, -0.1) is 0 Å². The fourth-order valence-electron chi connectivity index (χ4n) is 2.13. The molecule has 0 radical (unpaired) electrons. The van der Waals surface area contributed by atoms with Crippen LogP contribution in [0.2, 0.25) is 0 Å². The second-order valence-electron chi connectivity index (χ2n) is 4.67. The summed E-state index contributed by atoms with van der Waals surface area (Å²) in [7, 11) is -3.44. The van der Waals surface area contributed by atoms with Gasteiger partial charge in [-0.1, -0.05) is 0 Å². The smallest absolute Gasteiger partial charge is 0.469 e. The van der Waals surface area contributed by atoms with Gasteiger partial charge in [0.05, 0.1) is 19.8 Å². The second-order valence-corrected chi connectivity index (χ2v) is 6.93. The normalized spacial score (nSPS) is 24.8. The number of aliphatic hydroxyl groups is 1. The molecule has 23 heavy (non-hydrogen) atoms. The number of phosphoric ester groups is 1. The lowest BCUT2D eigenvalue weighted by Gasteiger charge is -2.18. The highest BCUT2D eigenvalue weighted by Crippen LogP contribution is 2.38. The molecule has 0 saturated carbocycles. The molecule has 1 fully saturated rings. The van der Waals surface area contributed by atoms with E-state index in [-0.39, 0.29) is 15.9 Å². The van der Waals surface area contributed by atoms with Gasteiger partial charge in [0.25, 0.3) is 5.56 Å². The molecule has 2 heterocycles. The van der Waals surface area contributed by atoms with E-state index in [0.717, 1.165) is 4.57 Å². The molecule has 1 aromatic rings. The zero-order valence-electron chi connectivity index (χ0n) is 11.7. The van der Waals surface area contributed by atoms with Crippen molar-refractivity contribution in [1.29, 1.82) is 0 Å². The van der Waals surface area contributed by atoms with Crippen molar-refractivity contribution in [3.05, 3.63) is 24.5 Å². The van der Waals surface area contributed by atoms with Gasteiger partial charge in [0, 0.05) is 6.42 Å². The van der Waals surface area contributed by atoms with Gasteiger partial charge in [-0.3, -0.25) is 18.9 Å². The van der Waals surface area contributed by atoms with E-state index in [1.807, 2.05) is 0 Å². The largest absolute Gasteiger partial charge is 0.489 e. The standard InChI is InChI=1S/C10H14IN2O9P/c1-20-7-8(11)13(10(16)12-9(7)15)6-2-4(14)5(22-6)3-21-23(17,18)19/h4-6,14H,2-3H2,1H3,(H,12,15,16)(H2,17,18,19)/t4-,5+,6+/m0/s1. The van der Waals surface area contributed by atoms with Crippen LogP contribution in [0.15, 0.2) is 9.59 Å². The van der Waals surface area contributed by atoms with Gasteiger partial charge in [0.1, 0.15) is 16.0 Å². The minimum absolute atomic E-state index is 0.0275. The number of aromatic nitrogens is 2. The van der Waals surface area contributed by atoms with Crippen LogP contribution in [-0.2, 0) is 13.8 Å². The lowest BCUT2D eigenvalue weighted by atomic mass is 10.2. The topological polar surface area (TPSA) is 160 Å². The predicted octanol–water partition coefficient (Wildman–Crippen LogP) is -1.09. The lowest BCUT2D eigenvalue weighted by molar-refractivity contribution is -0.0461. The van der Waals surface area contributed by atoms with Gasteiger partial charge in [0.2, 0.25) is 5.75 Å². The van der Waals surface area contributed by atoms with Crippen LogP contribution in [0.5, 0.6) is 5.75 Å². The van der Waals surface area contributed by atoms with Crippen LogP contribution in [0, 0.1) is 3.70 Å². The molecular formula is C10H14IN2O9P. The van der Waals surface area contributed by atoms with E-state index in [0.29, 0.717) is 0 Å². The van der Waals surface area contributed by atoms with Crippen molar-refractivity contribution in [2.75, 3.05) is 13.7 Å². The average molecular weight is 464 g/mol. The van der Waals surface area contributed by atoms with Crippen LogP contribution in [0.25, 0.3) is 0 Å². The molecule has 130 valence electrons. The first-order chi connectivity index (χ1) is 10.6. The van der Waals surface area contributed by atoms with Crippen LogP contribution in [0.4, 0.5) is 0 Å². The summed E-state index contributed by atoms with van der Waals surface area (Å²) >= 11 is 1.73. The van der Waals surface area contributed by atoms with Crippen molar-refractivity contribution in [2.24, 2.45) is 0 Å². The molecule has 11 nitrogen and oxygen atoms in total. The van der Waals surface area contributed by atoms with Crippen LogP contribution in [0.3, 0.4) is 0 Å². The molecule has 1 aliphatic heterocycles. The number of aliphatic hydroxyl groups excluding tert-OH is 1. The van der Waals surface area contributed by atoms with E-state index in [4.69, 9.17) is 19.3 Å². The lowest BCUT2D eigenvalue weighted by Crippen LogP contribution is -2.35. The molecule has 2 rings (SSSR count). The van der Waals surface area contributed by atoms with E-state index in [1.54, 1.807) is 22.6 Å². The number of phosphoric acid groups is 1. The minimum atomic E-state index is -4.70. The number of hydrogen-bond acceptors (Lipinski definition) is 7. The van der Waals surface area contributed by atoms with E-state index in [9.17, 15) is 19.3 Å². The molecule has 0 aromatic carbocycles. The van der Waals surface area contributed by atoms with Crippen molar-refractivity contribution in [3.63, 3.8) is 0 Å². The summed E-state index contributed by atoms with van der Waals surface area (Å²) in [6.07, 6.45) is -3.11. The molecule has 0 aliphatic carbocycles. The number of aromatic amines is 1. The highest BCUT2D eigenvalue weighted by Gasteiger charge is 2.38. The Kier molecular flexibility index (Phi) is 5.66. The Morgan fingerprint density at radius 2 is 2.13 bits per heavy atom. The fraction of sp³-hybridized carbons (Fsp3) is 0.600. The van der Waals surface area contributed by atoms with Gasteiger partial charge >= 0.3 is 13.5 Å². The Bertz CT molecular complexity index is 741. The Morgan fingerprint density at radius 1 is 1.48 bits per heavy atom. The highest BCUT2D eigenvalue weighted by atomic mass is 127. The second kappa shape index (κ2) is 7.01. The molecule has 3 atom stereocenters. The van der Waals surface area contributed by atoms with E-state index in [1.165, 1.54) is 7.11 Å². The van der Waals surface area contributed by atoms with E-state index in [2.05, 4.69) is 9.51 Å². The number of methoxy groups -OCH3 is 1. The number of rotatable bonds is 5. The number of nitrogens with one attached hydrogen (secondary N) is 1. The molecule has 1 aromatic heterocycles. The summed E-state index contributed by atoms with van der Waals surface area (Å²) in [6.45, 7) is -0.548. The van der Waals surface area contributed by atoms with E-state index < -0.39 is 44.1 Å². The van der Waals surface area contributed by atoms with Crippen LogP contribution in [0.1, 0.15) is 12.6 Å². The van der Waals surface area contributed by atoms with Crippen molar-refractivity contribution < 1.29 is 33.5 Å². The number of nitrogens with zero attached hydrogens (tertiary/aromatic N) is 1. The zero-order valence-corrected chi connectivity index (χ0v) is 14.8. The summed E-state index contributed by atoms with van der Waals surface area (Å²) in [5.74, 6) is -0.0850. The van der Waals surface area contributed by atoms with E-state index >= 15 is 0 Å². The third-order valence-electron chi connectivity index (χ3n) is 3.15. The summed E-state index contributed by atoms with van der Waals surface area (Å²) < 4.78 is 26.6. The maximum atomic E-state index is 12.0. The van der Waals surface area contributed by atoms with Gasteiger partial charge in [-0.05, 0) is 22.6 Å². The van der Waals surface area contributed by atoms with Crippen LogP contribution in [-0.4, -0.2) is 50.4 Å². The first-order valence-corrected chi connectivity index (χ1v) is 8.87. The molecule has 1 saturated heterocycles. The van der Waals surface area contributed by atoms with Crippen molar-refractivity contribution in [3.8, 4) is 5.75 Å². The quantitative estimate of drug-likeness (QED) is 0.241. The summed E-state index contributed by atoms with van der Waals surface area (Å²) in [6, 6.07) is 0. The molecular weight excluding hydrogens is 450 g/mol. The maximum absolute atomic E-state index is 12.0. The Morgan fingerprint density at radius 3 is 2.70 bits per heavy atom. The van der Waals surface area contributed by atoms with Gasteiger partial charge in [-0.2, -0.15) is 0 Å². The molecule has 0 amide bonds. The summed E-state index contributed by atoms with van der Waals surface area (Å²) in [5, 5.41) is 9.90. The van der Waals surface area contributed by atoms with Crippen molar-refractivity contribution in [2.45, 2.75) is 24.9 Å².